The SMILES string of the molecule is C/C=C(/C)C(=O)Nc1c2c(c3c4c(c(C)c(O)c3c1O)OC(C)(O/C=C/C(OC)C(C)[C@@H](OC(C)=O)[C@H](C)C(O)C(C)C(O)C(C)C)C4=O)NC1C=C(C)C=CN21. The minimum atomic E-state index is -1.94. The Morgan fingerprint density at radius 3 is 2.28 bits per heavy atom. The van der Waals surface area contributed by atoms with Crippen molar-refractivity contribution in [2.45, 2.75) is 113 Å². The van der Waals surface area contributed by atoms with E-state index in [4.69, 9.17) is 18.9 Å². The van der Waals surface area contributed by atoms with Gasteiger partial charge in [-0.1, -0.05) is 40.7 Å². The molecule has 310 valence electrons. The lowest BCUT2D eigenvalue weighted by atomic mass is 9.78. The Balaban J connectivity index is 1.52. The van der Waals surface area contributed by atoms with Gasteiger partial charge in [-0.05, 0) is 57.4 Å². The molecule has 3 aliphatic rings. The number of carbonyl (C=O) groups is 3. The van der Waals surface area contributed by atoms with E-state index in [1.54, 1.807) is 53.7 Å². The number of esters is 1. The van der Waals surface area contributed by atoms with Crippen LogP contribution in [0.4, 0.5) is 17.1 Å². The van der Waals surface area contributed by atoms with Gasteiger partial charge >= 0.3 is 11.8 Å². The number of phenols is 2. The van der Waals surface area contributed by atoms with Crippen molar-refractivity contribution >= 4 is 45.5 Å². The van der Waals surface area contributed by atoms with Crippen LogP contribution in [-0.4, -0.2) is 81.6 Å². The van der Waals surface area contributed by atoms with E-state index in [2.05, 4.69) is 10.6 Å². The van der Waals surface area contributed by atoms with Crippen LogP contribution in [0.15, 0.2) is 47.9 Å². The molecule has 0 fully saturated rings. The van der Waals surface area contributed by atoms with Crippen molar-refractivity contribution in [3.05, 3.63) is 59.0 Å². The van der Waals surface area contributed by atoms with Crippen LogP contribution in [0.3, 0.4) is 0 Å². The number of hydrogen-bond donors (Lipinski definition) is 6. The van der Waals surface area contributed by atoms with Gasteiger partial charge in [0, 0.05) is 61.4 Å². The first kappa shape index (κ1) is 43.1. The van der Waals surface area contributed by atoms with Gasteiger partial charge in [0.15, 0.2) is 5.75 Å². The highest BCUT2D eigenvalue weighted by atomic mass is 16.7. The quantitative estimate of drug-likeness (QED) is 0.0397. The molecule has 1 amide bonds. The second-order valence-corrected chi connectivity index (χ2v) is 15.9. The summed E-state index contributed by atoms with van der Waals surface area (Å²) in [6.45, 7) is 18.6. The summed E-state index contributed by atoms with van der Waals surface area (Å²) in [7, 11) is 1.46. The number of ether oxygens (including phenoxy) is 4. The fourth-order valence-corrected chi connectivity index (χ4v) is 7.97. The number of aromatic hydroxyl groups is 2. The Kier molecular flexibility index (Phi) is 12.4. The van der Waals surface area contributed by atoms with Crippen molar-refractivity contribution < 1.29 is 53.8 Å². The number of Topliss-reactive ketones (excluding diaryl/α,β-unsaturated/α-hetero) is 1. The van der Waals surface area contributed by atoms with E-state index in [9.17, 15) is 34.8 Å². The molecular formula is C43H57N3O11. The minimum Gasteiger partial charge on any atom is -0.507 e. The lowest BCUT2D eigenvalue weighted by molar-refractivity contribution is -0.160. The number of hydrogen-bond acceptors (Lipinski definition) is 13. The third-order valence-electron chi connectivity index (χ3n) is 11.6. The van der Waals surface area contributed by atoms with Gasteiger partial charge in [0.2, 0.25) is 0 Å². The number of phenolic OH excluding ortho intramolecular Hbond substituents is 2. The second kappa shape index (κ2) is 16.4. The van der Waals surface area contributed by atoms with Crippen LogP contribution in [0.5, 0.6) is 17.2 Å². The molecule has 0 saturated carbocycles. The summed E-state index contributed by atoms with van der Waals surface area (Å²) in [5.74, 6) is -6.00. The van der Waals surface area contributed by atoms with E-state index in [0.29, 0.717) is 16.9 Å². The molecule has 3 aliphatic heterocycles. The normalized spacial score (nSPS) is 22.5. The number of aliphatic hydroxyl groups is 2. The summed E-state index contributed by atoms with van der Waals surface area (Å²) in [5.41, 5.74) is 2.43. The molecule has 0 aliphatic carbocycles. The fourth-order valence-electron chi connectivity index (χ4n) is 7.97. The third kappa shape index (κ3) is 7.70. The number of ketones is 1. The smallest absolute Gasteiger partial charge is 0.312 e. The molecule has 0 aromatic heterocycles. The molecular weight excluding hydrogens is 734 g/mol. The molecule has 14 heteroatoms. The van der Waals surface area contributed by atoms with E-state index in [0.717, 1.165) is 5.57 Å². The van der Waals surface area contributed by atoms with Crippen molar-refractivity contribution in [1.29, 1.82) is 0 Å². The number of anilines is 3. The van der Waals surface area contributed by atoms with E-state index in [1.807, 2.05) is 44.0 Å². The summed E-state index contributed by atoms with van der Waals surface area (Å²) in [6, 6.07) is 0. The molecule has 0 saturated heterocycles. The maximum Gasteiger partial charge on any atom is 0.312 e. The predicted octanol–water partition coefficient (Wildman–Crippen LogP) is 6.55. The number of aliphatic hydroxyl groups excluding tert-OH is 2. The average Bonchev–Trinajstić information content (AvgIpc) is 3.67. The molecule has 0 spiro atoms. The van der Waals surface area contributed by atoms with Crippen LogP contribution in [0.1, 0.15) is 85.2 Å². The highest BCUT2D eigenvalue weighted by molar-refractivity contribution is 6.27. The number of rotatable bonds is 14. The van der Waals surface area contributed by atoms with Crippen molar-refractivity contribution in [1.82, 2.24) is 0 Å². The third-order valence-corrected chi connectivity index (χ3v) is 11.6. The maximum atomic E-state index is 14.6. The van der Waals surface area contributed by atoms with Crippen molar-refractivity contribution in [2.75, 3.05) is 22.6 Å². The summed E-state index contributed by atoms with van der Waals surface area (Å²) >= 11 is 0. The molecule has 3 heterocycles. The molecule has 5 rings (SSSR count). The van der Waals surface area contributed by atoms with Gasteiger partial charge in [0.05, 0.1) is 46.9 Å². The molecule has 7 unspecified atom stereocenters. The first-order valence-electron chi connectivity index (χ1n) is 19.3. The maximum absolute atomic E-state index is 14.6. The number of carbonyl (C=O) groups excluding carboxylic acids is 3. The topological polar surface area (TPSA) is 196 Å². The van der Waals surface area contributed by atoms with Crippen molar-refractivity contribution in [3.63, 3.8) is 0 Å². The number of nitrogens with one attached hydrogen (secondary N) is 2. The lowest BCUT2D eigenvalue weighted by Crippen LogP contribution is -2.46. The van der Waals surface area contributed by atoms with Crippen LogP contribution in [-0.2, 0) is 23.8 Å². The molecule has 2 aromatic carbocycles. The number of benzene rings is 2. The minimum absolute atomic E-state index is 0.0523. The highest BCUT2D eigenvalue weighted by Gasteiger charge is 2.50. The Labute approximate surface area is 333 Å². The highest BCUT2D eigenvalue weighted by Crippen LogP contribution is 2.59. The zero-order valence-corrected chi connectivity index (χ0v) is 34.8. The Morgan fingerprint density at radius 2 is 1.68 bits per heavy atom. The van der Waals surface area contributed by atoms with Crippen LogP contribution >= 0.6 is 0 Å². The van der Waals surface area contributed by atoms with Crippen LogP contribution in [0.25, 0.3) is 10.8 Å². The number of amides is 1. The standard InChI is InChI=1S/C43H57N3O11/c1-13-21(5)42(53)45-33-34-32(44-28-18-20(4)14-16-46(28)34)29-30(38(33)51)37(50)25(9)40-31(29)41(52)43(11,57-40)55-17-15-27(54-12)22(6)39(56-26(10)47)24(8)36(49)23(7)35(48)19(2)3/h13-19,22-24,27-28,35-36,39,44,48-51H,1-12H3,(H,45,53)/b17-15+,21-13-/t22?,23?,24-,27?,28?,35?,36?,39-,43?/m1/s1. The monoisotopic (exact) mass is 791 g/mol. The van der Waals surface area contributed by atoms with Gasteiger partial charge < -0.3 is 54.9 Å². The Bertz CT molecular complexity index is 2070. The van der Waals surface area contributed by atoms with Gasteiger partial charge in [-0.3, -0.25) is 14.4 Å². The molecule has 2 aromatic rings. The lowest BCUT2D eigenvalue weighted by Gasteiger charge is -2.37. The van der Waals surface area contributed by atoms with E-state index >= 15 is 0 Å². The van der Waals surface area contributed by atoms with Crippen LogP contribution in [0, 0.1) is 30.6 Å². The van der Waals surface area contributed by atoms with E-state index in [1.165, 1.54) is 27.2 Å². The number of methoxy groups -OCH3 is 1. The van der Waals surface area contributed by atoms with E-state index in [-0.39, 0.29) is 45.0 Å². The molecule has 0 radical (unpaired) electrons. The Morgan fingerprint density at radius 1 is 1.02 bits per heavy atom. The van der Waals surface area contributed by atoms with E-state index < -0.39 is 77.5 Å². The Hall–Kier alpha value is -5.05. The summed E-state index contributed by atoms with van der Waals surface area (Å²) in [6.07, 6.45) is 6.28. The first-order valence-corrected chi connectivity index (χ1v) is 19.3. The van der Waals surface area contributed by atoms with Crippen LogP contribution < -0.4 is 20.3 Å². The summed E-state index contributed by atoms with van der Waals surface area (Å²) in [5, 5.41) is 51.8. The number of allylic oxidation sites excluding steroid dienone is 3. The molecule has 0 bridgehead atoms. The molecule has 57 heavy (non-hydrogen) atoms. The predicted molar refractivity (Wildman–Crippen MR) is 217 cm³/mol. The van der Waals surface area contributed by atoms with Gasteiger partial charge in [0.25, 0.3) is 11.7 Å². The van der Waals surface area contributed by atoms with Crippen molar-refractivity contribution in [3.8, 4) is 17.2 Å². The molecule has 14 nitrogen and oxygen atoms in total. The summed E-state index contributed by atoms with van der Waals surface area (Å²) in [4.78, 5) is 41.8. The van der Waals surface area contributed by atoms with Crippen LogP contribution in [0.2, 0.25) is 0 Å². The zero-order valence-electron chi connectivity index (χ0n) is 34.8. The van der Waals surface area contributed by atoms with Gasteiger partial charge in [-0.2, -0.15) is 0 Å². The van der Waals surface area contributed by atoms with Gasteiger partial charge in [-0.25, -0.2) is 0 Å². The first-order chi connectivity index (χ1) is 26.7. The molecule has 9 atom stereocenters. The second-order valence-electron chi connectivity index (χ2n) is 15.9. The van der Waals surface area contributed by atoms with Gasteiger partial charge in [0.1, 0.15) is 29.5 Å². The zero-order chi connectivity index (χ0) is 42.4. The number of nitrogens with zero attached hydrogens (tertiary/aromatic N) is 1. The average molecular weight is 792 g/mol. The fraction of sp³-hybridized carbons (Fsp3) is 0.512. The molecule has 6 N–H and O–H groups in total. The largest absolute Gasteiger partial charge is 0.507 e. The summed E-state index contributed by atoms with van der Waals surface area (Å²) < 4.78 is 23.8. The number of fused-ring (bicyclic) bond motifs is 7. The van der Waals surface area contributed by atoms with Gasteiger partial charge in [-0.15, -0.1) is 0 Å². The van der Waals surface area contributed by atoms with Crippen molar-refractivity contribution in [2.24, 2.45) is 23.7 Å².